The number of halogens is 1. The maximum absolute atomic E-state index is 11.1. The largest absolute Gasteiger partial charge is 0.299 e. The number of carbonyl (C=O) groups excluding carboxylic acids is 1. The summed E-state index contributed by atoms with van der Waals surface area (Å²) in [6, 6.07) is 0. The summed E-state index contributed by atoms with van der Waals surface area (Å²) < 4.78 is 0.690. The fourth-order valence-electron chi connectivity index (χ4n) is 2.23. The van der Waals surface area contributed by atoms with Crippen LogP contribution in [0.1, 0.15) is 90.4 Å². The van der Waals surface area contributed by atoms with E-state index >= 15 is 0 Å². The SMILES string of the molecule is CCCCCCCCCCCCCCC(=O)CI. The first-order chi connectivity index (χ1) is 8.81. The molecule has 0 rings (SSSR count). The Morgan fingerprint density at radius 2 is 1.11 bits per heavy atom. The molecule has 0 N–H and O–H groups in total. The summed E-state index contributed by atoms with van der Waals surface area (Å²) >= 11 is 2.16. The van der Waals surface area contributed by atoms with Crippen LogP contribution in [0, 0.1) is 0 Å². The average molecular weight is 366 g/mol. The fraction of sp³-hybridized carbons (Fsp3) is 0.938. The van der Waals surface area contributed by atoms with Crippen molar-refractivity contribution in [2.75, 3.05) is 4.43 Å². The molecule has 0 aromatic heterocycles. The Morgan fingerprint density at radius 1 is 0.722 bits per heavy atom. The van der Waals surface area contributed by atoms with Gasteiger partial charge in [0.15, 0.2) is 0 Å². The molecule has 0 saturated carbocycles. The summed E-state index contributed by atoms with van der Waals surface area (Å²) in [5, 5.41) is 0. The lowest BCUT2D eigenvalue weighted by Crippen LogP contribution is -1.97. The van der Waals surface area contributed by atoms with Gasteiger partial charge in [-0.05, 0) is 6.42 Å². The van der Waals surface area contributed by atoms with Crippen molar-refractivity contribution in [2.24, 2.45) is 0 Å². The minimum Gasteiger partial charge on any atom is -0.299 e. The Balaban J connectivity index is 2.97. The summed E-state index contributed by atoms with van der Waals surface area (Å²) in [6.45, 7) is 2.27. The van der Waals surface area contributed by atoms with Gasteiger partial charge < -0.3 is 0 Å². The number of unbranched alkanes of at least 4 members (excludes halogenated alkanes) is 11. The molecular formula is C16H31IO. The molecular weight excluding hydrogens is 335 g/mol. The predicted molar refractivity (Wildman–Crippen MR) is 89.6 cm³/mol. The quantitative estimate of drug-likeness (QED) is 0.207. The summed E-state index contributed by atoms with van der Waals surface area (Å²) in [6.07, 6.45) is 17.2. The summed E-state index contributed by atoms with van der Waals surface area (Å²) in [5.74, 6) is 0.419. The van der Waals surface area contributed by atoms with Crippen LogP contribution in [0.2, 0.25) is 0 Å². The van der Waals surface area contributed by atoms with E-state index < -0.39 is 0 Å². The smallest absolute Gasteiger partial charge is 0.142 e. The van der Waals surface area contributed by atoms with Crippen LogP contribution in [0.3, 0.4) is 0 Å². The van der Waals surface area contributed by atoms with Crippen molar-refractivity contribution in [1.82, 2.24) is 0 Å². The van der Waals surface area contributed by atoms with E-state index in [1.807, 2.05) is 0 Å². The lowest BCUT2D eigenvalue weighted by atomic mass is 10.0. The molecule has 0 atom stereocenters. The van der Waals surface area contributed by atoms with Gasteiger partial charge in [0.25, 0.3) is 0 Å². The Labute approximate surface area is 128 Å². The molecule has 0 radical (unpaired) electrons. The second-order valence-corrected chi connectivity index (χ2v) is 6.07. The van der Waals surface area contributed by atoms with Crippen LogP contribution in [0.4, 0.5) is 0 Å². The third-order valence-electron chi connectivity index (χ3n) is 3.46. The first kappa shape index (κ1) is 18.4. The maximum atomic E-state index is 11.1. The molecule has 0 unspecified atom stereocenters. The van der Waals surface area contributed by atoms with Gasteiger partial charge in [-0.15, -0.1) is 0 Å². The third-order valence-corrected chi connectivity index (χ3v) is 4.31. The molecule has 108 valence electrons. The van der Waals surface area contributed by atoms with Gasteiger partial charge in [0.05, 0.1) is 4.43 Å². The van der Waals surface area contributed by atoms with Gasteiger partial charge >= 0.3 is 0 Å². The van der Waals surface area contributed by atoms with Gasteiger partial charge in [0, 0.05) is 6.42 Å². The Morgan fingerprint density at radius 3 is 1.50 bits per heavy atom. The van der Waals surface area contributed by atoms with Crippen LogP contribution in [-0.4, -0.2) is 10.2 Å². The molecule has 0 saturated heterocycles. The molecule has 0 heterocycles. The van der Waals surface area contributed by atoms with Crippen LogP contribution >= 0.6 is 22.6 Å². The molecule has 0 amide bonds. The lowest BCUT2D eigenvalue weighted by Gasteiger charge is -2.02. The zero-order chi connectivity index (χ0) is 13.5. The Kier molecular flexibility index (Phi) is 15.8. The molecule has 0 aliphatic rings. The highest BCUT2D eigenvalue weighted by molar-refractivity contribution is 14.1. The van der Waals surface area contributed by atoms with E-state index in [1.165, 1.54) is 70.6 Å². The Hall–Kier alpha value is 0.400. The van der Waals surface area contributed by atoms with E-state index in [4.69, 9.17) is 0 Å². The molecule has 0 fully saturated rings. The molecule has 0 aliphatic heterocycles. The zero-order valence-corrected chi connectivity index (χ0v) is 14.3. The molecule has 2 heteroatoms. The van der Waals surface area contributed by atoms with E-state index in [-0.39, 0.29) is 0 Å². The first-order valence-corrected chi connectivity index (χ1v) is 9.41. The molecule has 0 aliphatic carbocycles. The molecule has 18 heavy (non-hydrogen) atoms. The number of carbonyl (C=O) groups is 1. The van der Waals surface area contributed by atoms with Crippen LogP contribution < -0.4 is 0 Å². The number of alkyl halides is 1. The van der Waals surface area contributed by atoms with Crippen molar-refractivity contribution in [3.8, 4) is 0 Å². The number of rotatable bonds is 14. The highest BCUT2D eigenvalue weighted by Crippen LogP contribution is 2.12. The minimum absolute atomic E-state index is 0.419. The molecule has 0 bridgehead atoms. The van der Waals surface area contributed by atoms with E-state index in [0.29, 0.717) is 10.2 Å². The number of hydrogen-bond acceptors (Lipinski definition) is 1. The minimum atomic E-state index is 0.419. The second-order valence-electron chi connectivity index (χ2n) is 5.31. The monoisotopic (exact) mass is 366 g/mol. The topological polar surface area (TPSA) is 17.1 Å². The van der Waals surface area contributed by atoms with Crippen molar-refractivity contribution < 1.29 is 4.79 Å². The lowest BCUT2D eigenvalue weighted by molar-refractivity contribution is -0.116. The highest BCUT2D eigenvalue weighted by Gasteiger charge is 1.98. The van der Waals surface area contributed by atoms with Crippen molar-refractivity contribution in [3.63, 3.8) is 0 Å². The van der Waals surface area contributed by atoms with Crippen LogP contribution in [0.25, 0.3) is 0 Å². The highest BCUT2D eigenvalue weighted by atomic mass is 127. The van der Waals surface area contributed by atoms with Gasteiger partial charge in [0.2, 0.25) is 0 Å². The molecule has 0 aromatic carbocycles. The van der Waals surface area contributed by atoms with Gasteiger partial charge in [-0.25, -0.2) is 0 Å². The van der Waals surface area contributed by atoms with Gasteiger partial charge in [-0.3, -0.25) is 4.79 Å². The average Bonchev–Trinajstić information content (AvgIpc) is 2.39. The molecule has 0 aromatic rings. The van der Waals surface area contributed by atoms with E-state index in [2.05, 4.69) is 29.5 Å². The van der Waals surface area contributed by atoms with Crippen LogP contribution in [0.15, 0.2) is 0 Å². The summed E-state index contributed by atoms with van der Waals surface area (Å²) in [7, 11) is 0. The summed E-state index contributed by atoms with van der Waals surface area (Å²) in [5.41, 5.74) is 0. The number of ketones is 1. The van der Waals surface area contributed by atoms with Crippen LogP contribution in [0.5, 0.6) is 0 Å². The predicted octanol–water partition coefficient (Wildman–Crippen LogP) is 6.08. The fourth-order valence-corrected chi connectivity index (χ4v) is 2.61. The maximum Gasteiger partial charge on any atom is 0.142 e. The normalized spacial score (nSPS) is 10.8. The molecule has 0 spiro atoms. The molecule has 1 nitrogen and oxygen atoms in total. The first-order valence-electron chi connectivity index (χ1n) is 7.89. The van der Waals surface area contributed by atoms with Crippen molar-refractivity contribution in [1.29, 1.82) is 0 Å². The zero-order valence-electron chi connectivity index (χ0n) is 12.2. The second kappa shape index (κ2) is 15.5. The van der Waals surface area contributed by atoms with Gasteiger partial charge in [-0.2, -0.15) is 0 Å². The van der Waals surface area contributed by atoms with E-state index in [9.17, 15) is 4.79 Å². The van der Waals surface area contributed by atoms with Crippen molar-refractivity contribution in [3.05, 3.63) is 0 Å². The van der Waals surface area contributed by atoms with E-state index in [1.54, 1.807) is 0 Å². The van der Waals surface area contributed by atoms with E-state index in [0.717, 1.165) is 12.8 Å². The van der Waals surface area contributed by atoms with Crippen molar-refractivity contribution >= 4 is 28.4 Å². The van der Waals surface area contributed by atoms with Crippen molar-refractivity contribution in [2.45, 2.75) is 90.4 Å². The standard InChI is InChI=1S/C16H31IO/c1-2-3-4-5-6-7-8-9-10-11-12-13-14-16(18)15-17/h2-15H2,1H3. The number of hydrogen-bond donors (Lipinski definition) is 0. The van der Waals surface area contributed by atoms with Gasteiger partial charge in [-0.1, -0.05) is 100 Å². The third kappa shape index (κ3) is 14.5. The summed E-state index contributed by atoms with van der Waals surface area (Å²) in [4.78, 5) is 11.1. The van der Waals surface area contributed by atoms with Crippen LogP contribution in [-0.2, 0) is 4.79 Å². The Bertz CT molecular complexity index is 180. The van der Waals surface area contributed by atoms with Gasteiger partial charge in [0.1, 0.15) is 5.78 Å². The number of Topliss-reactive ketones (excluding diaryl/α,β-unsaturated/α-hetero) is 1.